The molecule has 1 atom stereocenters. The van der Waals surface area contributed by atoms with E-state index in [1.165, 1.54) is 5.69 Å². The topological polar surface area (TPSA) is 21.7 Å². The van der Waals surface area contributed by atoms with E-state index < -0.39 is 8.32 Å². The van der Waals surface area contributed by atoms with Gasteiger partial charge in [0.15, 0.2) is 0 Å². The highest BCUT2D eigenvalue weighted by Gasteiger charge is 2.38. The first-order valence-electron chi connectivity index (χ1n) is 10.4. The van der Waals surface area contributed by atoms with Crippen LogP contribution in [0.3, 0.4) is 0 Å². The van der Waals surface area contributed by atoms with Gasteiger partial charge in [-0.2, -0.15) is 0 Å². The number of ether oxygens (including phenoxy) is 1. The molecular weight excluding hydrogens is 362 g/mol. The van der Waals surface area contributed by atoms with Gasteiger partial charge in [-0.3, -0.25) is 0 Å². The van der Waals surface area contributed by atoms with Gasteiger partial charge in [-0.05, 0) is 67.9 Å². The van der Waals surface area contributed by atoms with Crippen molar-refractivity contribution in [3.05, 3.63) is 54.6 Å². The van der Waals surface area contributed by atoms with E-state index in [0.29, 0.717) is 6.61 Å². The van der Waals surface area contributed by atoms with E-state index in [0.717, 1.165) is 24.5 Å². The molecule has 0 aliphatic heterocycles. The lowest BCUT2D eigenvalue weighted by Crippen LogP contribution is -2.43. The van der Waals surface area contributed by atoms with Crippen molar-refractivity contribution >= 4 is 19.7 Å². The predicted molar refractivity (Wildman–Crippen MR) is 123 cm³/mol. The first-order valence-corrected chi connectivity index (χ1v) is 13.3. The van der Waals surface area contributed by atoms with Crippen LogP contribution < -0.4 is 9.33 Å². The lowest BCUT2D eigenvalue weighted by Gasteiger charge is -2.36. The van der Waals surface area contributed by atoms with Crippen LogP contribution in [0.15, 0.2) is 54.6 Å². The number of hydrogen-bond acceptors (Lipinski definition) is 3. The molecule has 0 aliphatic carbocycles. The van der Waals surface area contributed by atoms with Gasteiger partial charge < -0.3 is 14.1 Å². The number of para-hydroxylation sites is 1. The average Bonchev–Trinajstić information content (AvgIpc) is 2.63. The lowest BCUT2D eigenvalue weighted by atomic mass is 10.1. The Morgan fingerprint density at radius 1 is 0.929 bits per heavy atom. The molecule has 2 rings (SSSR count). The van der Waals surface area contributed by atoms with Crippen LogP contribution in [-0.4, -0.2) is 27.6 Å². The lowest BCUT2D eigenvalue weighted by molar-refractivity contribution is 0.125. The number of hydrogen-bond donors (Lipinski definition) is 0. The van der Waals surface area contributed by atoms with E-state index in [9.17, 15) is 0 Å². The molecule has 0 heterocycles. The van der Waals surface area contributed by atoms with Crippen molar-refractivity contribution in [2.45, 2.75) is 65.2 Å². The molecule has 2 aromatic carbocycles. The molecule has 1 unspecified atom stereocenters. The normalized spacial score (nSPS) is 13.2. The van der Waals surface area contributed by atoms with Crippen LogP contribution in [0.1, 0.15) is 41.0 Å². The van der Waals surface area contributed by atoms with Crippen molar-refractivity contribution in [1.82, 2.24) is 0 Å². The molecule has 0 spiro atoms. The van der Waals surface area contributed by atoms with Crippen LogP contribution in [0.4, 0.5) is 11.4 Å². The standard InChI is InChI=1S/C24H37NO2Si/c1-8-18-26-19-20(2)25(21-12-10-9-11-13-21)22-14-16-23(17-15-22)27-28(6,7)24(3,4)5/h9-17,20H,8,18-19H2,1-7H3. The van der Waals surface area contributed by atoms with Gasteiger partial charge in [0.25, 0.3) is 0 Å². The molecule has 0 saturated heterocycles. The van der Waals surface area contributed by atoms with Crippen LogP contribution in [0.2, 0.25) is 18.1 Å². The number of nitrogens with zero attached hydrogens (tertiary/aromatic N) is 1. The molecule has 2 aromatic rings. The summed E-state index contributed by atoms with van der Waals surface area (Å²) in [7, 11) is -1.83. The Morgan fingerprint density at radius 3 is 2.04 bits per heavy atom. The molecule has 0 aromatic heterocycles. The zero-order valence-electron chi connectivity index (χ0n) is 18.7. The van der Waals surface area contributed by atoms with Crippen molar-refractivity contribution in [3.63, 3.8) is 0 Å². The molecule has 0 bridgehead atoms. The number of anilines is 2. The maximum atomic E-state index is 6.44. The van der Waals surface area contributed by atoms with E-state index in [4.69, 9.17) is 9.16 Å². The molecule has 0 fully saturated rings. The van der Waals surface area contributed by atoms with Gasteiger partial charge in [0.1, 0.15) is 5.75 Å². The van der Waals surface area contributed by atoms with E-state index >= 15 is 0 Å². The van der Waals surface area contributed by atoms with Crippen molar-refractivity contribution in [2.24, 2.45) is 0 Å². The highest BCUT2D eigenvalue weighted by molar-refractivity contribution is 6.74. The molecule has 0 N–H and O–H groups in total. The third-order valence-corrected chi connectivity index (χ3v) is 9.84. The Balaban J connectivity index is 2.24. The highest BCUT2D eigenvalue weighted by Crippen LogP contribution is 2.38. The predicted octanol–water partition coefficient (Wildman–Crippen LogP) is 7.02. The Kier molecular flexibility index (Phi) is 7.73. The van der Waals surface area contributed by atoms with Gasteiger partial charge in [-0.25, -0.2) is 0 Å². The Labute approximate surface area is 172 Å². The van der Waals surface area contributed by atoms with Crippen LogP contribution in [-0.2, 0) is 4.74 Å². The summed E-state index contributed by atoms with van der Waals surface area (Å²) in [5, 5.41) is 0.187. The minimum absolute atomic E-state index is 0.187. The van der Waals surface area contributed by atoms with E-state index in [1.807, 2.05) is 0 Å². The highest BCUT2D eigenvalue weighted by atomic mass is 28.4. The number of rotatable bonds is 9. The molecule has 3 nitrogen and oxygen atoms in total. The van der Waals surface area contributed by atoms with Crippen molar-refractivity contribution in [3.8, 4) is 5.75 Å². The van der Waals surface area contributed by atoms with Crippen molar-refractivity contribution in [2.75, 3.05) is 18.1 Å². The summed E-state index contributed by atoms with van der Waals surface area (Å²) < 4.78 is 12.3. The van der Waals surface area contributed by atoms with Gasteiger partial charge in [0, 0.05) is 18.0 Å². The fourth-order valence-electron chi connectivity index (χ4n) is 2.84. The summed E-state index contributed by atoms with van der Waals surface area (Å²) in [5.74, 6) is 0.957. The molecule has 28 heavy (non-hydrogen) atoms. The molecule has 154 valence electrons. The maximum Gasteiger partial charge on any atom is 0.250 e. The summed E-state index contributed by atoms with van der Waals surface area (Å²) >= 11 is 0. The fraction of sp³-hybridized carbons (Fsp3) is 0.500. The van der Waals surface area contributed by atoms with Gasteiger partial charge >= 0.3 is 0 Å². The molecule has 0 radical (unpaired) electrons. The Morgan fingerprint density at radius 2 is 1.50 bits per heavy atom. The molecular formula is C24H37NO2Si. The fourth-order valence-corrected chi connectivity index (χ4v) is 3.87. The Hall–Kier alpha value is -1.78. The summed E-state index contributed by atoms with van der Waals surface area (Å²) in [5.41, 5.74) is 2.33. The first kappa shape index (κ1) is 22.5. The smallest absolute Gasteiger partial charge is 0.250 e. The minimum atomic E-state index is -1.83. The summed E-state index contributed by atoms with van der Waals surface area (Å²) in [4.78, 5) is 2.34. The number of benzene rings is 2. The van der Waals surface area contributed by atoms with E-state index in [-0.39, 0.29) is 11.1 Å². The zero-order chi connectivity index (χ0) is 20.8. The third kappa shape index (κ3) is 5.86. The molecule has 0 aliphatic rings. The third-order valence-electron chi connectivity index (χ3n) is 5.48. The van der Waals surface area contributed by atoms with Gasteiger partial charge in [-0.15, -0.1) is 0 Å². The monoisotopic (exact) mass is 399 g/mol. The summed E-state index contributed by atoms with van der Waals surface area (Å²) in [6, 6.07) is 19.3. The average molecular weight is 400 g/mol. The van der Waals surface area contributed by atoms with Crippen LogP contribution in [0.5, 0.6) is 5.75 Å². The van der Waals surface area contributed by atoms with Gasteiger partial charge in [0.2, 0.25) is 8.32 Å². The minimum Gasteiger partial charge on any atom is -0.544 e. The second-order valence-corrected chi connectivity index (χ2v) is 13.7. The Bertz CT molecular complexity index is 708. The zero-order valence-corrected chi connectivity index (χ0v) is 19.7. The van der Waals surface area contributed by atoms with Crippen LogP contribution >= 0.6 is 0 Å². The maximum absolute atomic E-state index is 6.44. The van der Waals surface area contributed by atoms with Crippen molar-refractivity contribution < 1.29 is 9.16 Å². The van der Waals surface area contributed by atoms with E-state index in [2.05, 4.69) is 107 Å². The first-order chi connectivity index (χ1) is 13.2. The van der Waals surface area contributed by atoms with E-state index in [1.54, 1.807) is 0 Å². The second kappa shape index (κ2) is 9.62. The van der Waals surface area contributed by atoms with Gasteiger partial charge in [-0.1, -0.05) is 45.9 Å². The quantitative estimate of drug-likeness (QED) is 0.334. The van der Waals surface area contributed by atoms with Gasteiger partial charge in [0.05, 0.1) is 12.6 Å². The van der Waals surface area contributed by atoms with Crippen LogP contribution in [0.25, 0.3) is 0 Å². The summed E-state index contributed by atoms with van der Waals surface area (Å²) in [6.45, 7) is 17.2. The largest absolute Gasteiger partial charge is 0.544 e. The molecule has 0 amide bonds. The molecule has 4 heteroatoms. The second-order valence-electron chi connectivity index (χ2n) is 8.99. The summed E-state index contributed by atoms with van der Waals surface area (Å²) in [6.07, 6.45) is 1.04. The SMILES string of the molecule is CCCOCC(C)N(c1ccccc1)c1ccc(O[Si](C)(C)C(C)(C)C)cc1. The van der Waals surface area contributed by atoms with Crippen molar-refractivity contribution in [1.29, 1.82) is 0 Å². The van der Waals surface area contributed by atoms with Crippen LogP contribution in [0, 0.1) is 0 Å². The molecule has 0 saturated carbocycles.